The van der Waals surface area contributed by atoms with Gasteiger partial charge >= 0.3 is 11.9 Å². The number of aliphatic carboxylic acids is 1. The van der Waals surface area contributed by atoms with Gasteiger partial charge in [0.1, 0.15) is 0 Å². The van der Waals surface area contributed by atoms with Crippen LogP contribution in [0.25, 0.3) is 0 Å². The first kappa shape index (κ1) is 24.3. The van der Waals surface area contributed by atoms with Crippen LogP contribution in [-0.2, 0) is 19.1 Å². The highest BCUT2D eigenvalue weighted by Crippen LogP contribution is 2.41. The van der Waals surface area contributed by atoms with Crippen molar-refractivity contribution in [3.05, 3.63) is 27.9 Å². The molecule has 12 heteroatoms. The van der Waals surface area contributed by atoms with Gasteiger partial charge in [-0.25, -0.2) is 14.2 Å². The molecular formula is C22H28FN5O5S. The Kier molecular flexibility index (Phi) is 6.47. The molecule has 0 aromatic carbocycles. The minimum Gasteiger partial charge on any atom is -0.481 e. The number of hydrogen-bond acceptors (Lipinski definition) is 9. The van der Waals surface area contributed by atoms with Gasteiger partial charge in [-0.3, -0.25) is 19.5 Å². The van der Waals surface area contributed by atoms with Crippen molar-refractivity contribution >= 4 is 35.0 Å². The maximum absolute atomic E-state index is 15.9. The molecular weight excluding hydrogens is 465 g/mol. The number of rotatable bonds is 8. The summed E-state index contributed by atoms with van der Waals surface area (Å²) in [4.78, 5) is 48.9. The second-order valence-corrected chi connectivity index (χ2v) is 10.2. The molecule has 0 bridgehead atoms. The largest absolute Gasteiger partial charge is 0.481 e. The number of nitrogens with zero attached hydrogens (tertiary/aromatic N) is 4. The second kappa shape index (κ2) is 9.06. The van der Waals surface area contributed by atoms with Crippen LogP contribution in [0.3, 0.4) is 0 Å². The number of ether oxygens (including phenoxy) is 1. The minimum atomic E-state index is -2.08. The fourth-order valence-electron chi connectivity index (χ4n) is 4.57. The highest BCUT2D eigenvalue weighted by molar-refractivity contribution is 7.11. The number of hydrogen-bond donors (Lipinski definition) is 2. The third kappa shape index (κ3) is 4.31. The van der Waals surface area contributed by atoms with Gasteiger partial charge in [-0.15, -0.1) is 11.3 Å². The Morgan fingerprint density at radius 3 is 2.85 bits per heavy atom. The summed E-state index contributed by atoms with van der Waals surface area (Å²) in [7, 11) is 0. The minimum absolute atomic E-state index is 0.00987. The van der Waals surface area contributed by atoms with Crippen LogP contribution in [0.1, 0.15) is 32.2 Å². The Balaban J connectivity index is 1.56. The zero-order valence-electron chi connectivity index (χ0n) is 19.3. The number of halogens is 1. The lowest BCUT2D eigenvalue weighted by atomic mass is 9.93. The van der Waals surface area contributed by atoms with E-state index in [0.29, 0.717) is 28.7 Å². The van der Waals surface area contributed by atoms with Gasteiger partial charge in [0.05, 0.1) is 30.2 Å². The zero-order valence-corrected chi connectivity index (χ0v) is 20.2. The number of amidine groups is 1. The molecule has 3 aliphatic heterocycles. The van der Waals surface area contributed by atoms with Crippen LogP contribution in [0.5, 0.6) is 0 Å². The van der Waals surface area contributed by atoms with Gasteiger partial charge in [-0.2, -0.15) is 0 Å². The Morgan fingerprint density at radius 1 is 1.44 bits per heavy atom. The SMILES string of the molecule is CCOC(=O)C1=C(CN2CCC3(F)C(=O)N(CC(C)(C)C(=O)O)CC23)NC(c2nccs2)=NC1. The molecule has 4 heterocycles. The van der Waals surface area contributed by atoms with Crippen LogP contribution < -0.4 is 5.32 Å². The first-order valence-corrected chi connectivity index (χ1v) is 12.0. The fourth-order valence-corrected chi connectivity index (χ4v) is 5.17. The number of aromatic nitrogens is 1. The van der Waals surface area contributed by atoms with Crippen molar-refractivity contribution in [2.75, 3.05) is 39.3 Å². The molecule has 1 amide bonds. The first-order chi connectivity index (χ1) is 16.1. The molecule has 10 nitrogen and oxygen atoms in total. The molecule has 184 valence electrons. The number of carboxylic acid groups (broad SMARTS) is 1. The van der Waals surface area contributed by atoms with Gasteiger partial charge in [0, 0.05) is 49.9 Å². The highest BCUT2D eigenvalue weighted by atomic mass is 32.1. The second-order valence-electron chi connectivity index (χ2n) is 9.28. The van der Waals surface area contributed by atoms with Gasteiger partial charge < -0.3 is 20.1 Å². The lowest BCUT2D eigenvalue weighted by Gasteiger charge is -2.30. The Bertz CT molecular complexity index is 1060. The quantitative estimate of drug-likeness (QED) is 0.515. The van der Waals surface area contributed by atoms with E-state index in [1.807, 2.05) is 10.3 Å². The van der Waals surface area contributed by atoms with Crippen LogP contribution in [-0.4, -0.2) is 94.6 Å². The van der Waals surface area contributed by atoms with E-state index in [4.69, 9.17) is 4.74 Å². The zero-order chi connectivity index (χ0) is 24.7. The summed E-state index contributed by atoms with van der Waals surface area (Å²) in [6, 6.07) is -0.746. The lowest BCUT2D eigenvalue weighted by molar-refractivity contribution is -0.150. The van der Waals surface area contributed by atoms with Gasteiger partial charge in [-0.1, -0.05) is 0 Å². The van der Waals surface area contributed by atoms with Crippen LogP contribution in [0.4, 0.5) is 4.39 Å². The van der Waals surface area contributed by atoms with Gasteiger partial charge in [0.2, 0.25) is 5.67 Å². The fraction of sp³-hybridized carbons (Fsp3) is 0.591. The van der Waals surface area contributed by atoms with Crippen molar-refractivity contribution in [3.8, 4) is 0 Å². The smallest absolute Gasteiger partial charge is 0.337 e. The predicted molar refractivity (Wildman–Crippen MR) is 122 cm³/mol. The number of carboxylic acids is 1. The summed E-state index contributed by atoms with van der Waals surface area (Å²) in [6.07, 6.45) is 1.67. The van der Waals surface area contributed by atoms with Crippen molar-refractivity contribution < 1.29 is 28.6 Å². The van der Waals surface area contributed by atoms with Gasteiger partial charge in [0.25, 0.3) is 5.91 Å². The normalized spacial score (nSPS) is 25.3. The maximum atomic E-state index is 15.9. The lowest BCUT2D eigenvalue weighted by Crippen LogP contribution is -2.45. The van der Waals surface area contributed by atoms with E-state index >= 15 is 4.39 Å². The molecule has 2 atom stereocenters. The Morgan fingerprint density at radius 2 is 2.21 bits per heavy atom. The summed E-state index contributed by atoms with van der Waals surface area (Å²) in [5.41, 5.74) is -2.38. The number of carbonyl (C=O) groups excluding carboxylic acids is 2. The Hall–Kier alpha value is -2.86. The van der Waals surface area contributed by atoms with Gasteiger partial charge in [0.15, 0.2) is 10.8 Å². The summed E-state index contributed by atoms with van der Waals surface area (Å²) in [5, 5.41) is 15.1. The molecule has 0 radical (unpaired) electrons. The molecule has 0 spiro atoms. The summed E-state index contributed by atoms with van der Waals surface area (Å²) < 4.78 is 21.0. The highest BCUT2D eigenvalue weighted by Gasteiger charge is 2.61. The molecule has 3 aliphatic rings. The molecule has 1 aromatic heterocycles. The van der Waals surface area contributed by atoms with Gasteiger partial charge in [-0.05, 0) is 20.8 Å². The average molecular weight is 494 g/mol. The Labute approximate surface area is 200 Å². The summed E-state index contributed by atoms with van der Waals surface area (Å²) in [5.74, 6) is -1.69. The summed E-state index contributed by atoms with van der Waals surface area (Å²) in [6.45, 7) is 5.59. The van der Waals surface area contributed by atoms with Crippen molar-refractivity contribution in [2.24, 2.45) is 10.4 Å². The molecule has 2 saturated heterocycles. The van der Waals surface area contributed by atoms with Crippen molar-refractivity contribution in [1.82, 2.24) is 20.1 Å². The molecule has 4 rings (SSSR count). The molecule has 34 heavy (non-hydrogen) atoms. The van der Waals surface area contributed by atoms with E-state index in [-0.39, 0.29) is 39.2 Å². The predicted octanol–water partition coefficient (Wildman–Crippen LogP) is 1.05. The van der Waals surface area contributed by atoms with E-state index in [0.717, 1.165) is 0 Å². The molecule has 1 aromatic rings. The van der Waals surface area contributed by atoms with Crippen molar-refractivity contribution in [2.45, 2.75) is 38.9 Å². The van der Waals surface area contributed by atoms with E-state index in [9.17, 15) is 19.5 Å². The number of esters is 1. The number of carbonyl (C=O) groups is 3. The number of fused-ring (bicyclic) bond motifs is 1. The average Bonchev–Trinajstić information content (AvgIpc) is 3.48. The maximum Gasteiger partial charge on any atom is 0.337 e. The molecule has 0 saturated carbocycles. The molecule has 2 fully saturated rings. The number of thiazole rings is 1. The van der Waals surface area contributed by atoms with Crippen LogP contribution >= 0.6 is 11.3 Å². The van der Waals surface area contributed by atoms with E-state index in [1.165, 1.54) is 30.1 Å². The standard InChI is InChI=1S/C22H28FN5O5S/c1-4-33-18(29)13-9-25-16(17-24-6-8-34-17)26-14(13)10-27-7-5-22(23)15(27)11-28(19(22)30)12-21(2,3)20(31)32/h6,8,15H,4-5,7,9-12H2,1-3H3,(H,25,26)(H,31,32). The van der Waals surface area contributed by atoms with Crippen molar-refractivity contribution in [1.29, 1.82) is 0 Å². The van der Waals surface area contributed by atoms with Crippen LogP contribution in [0.15, 0.2) is 27.8 Å². The van der Waals surface area contributed by atoms with Crippen LogP contribution in [0.2, 0.25) is 0 Å². The topological polar surface area (TPSA) is 124 Å². The summed E-state index contributed by atoms with van der Waals surface area (Å²) >= 11 is 1.40. The number of amides is 1. The van der Waals surface area contributed by atoms with E-state index in [1.54, 1.807) is 13.1 Å². The monoisotopic (exact) mass is 493 g/mol. The third-order valence-electron chi connectivity index (χ3n) is 6.48. The van der Waals surface area contributed by atoms with E-state index < -0.39 is 35.0 Å². The number of alkyl halides is 1. The third-order valence-corrected chi connectivity index (χ3v) is 7.26. The molecule has 0 aliphatic carbocycles. The first-order valence-electron chi connectivity index (χ1n) is 11.1. The van der Waals surface area contributed by atoms with E-state index in [2.05, 4.69) is 15.3 Å². The molecule has 2 N–H and O–H groups in total. The van der Waals surface area contributed by atoms with Crippen molar-refractivity contribution in [3.63, 3.8) is 0 Å². The number of nitrogens with one attached hydrogen (secondary N) is 1. The number of aliphatic imine (C=N–C) groups is 1. The molecule has 2 unspecified atom stereocenters. The number of likely N-dealkylation sites (tertiary alicyclic amines) is 2. The van der Waals surface area contributed by atoms with Crippen LogP contribution in [0, 0.1) is 5.41 Å².